The molecule has 0 aliphatic carbocycles. The van der Waals surface area contributed by atoms with Crippen molar-refractivity contribution in [1.29, 1.82) is 0 Å². The highest BCUT2D eigenvalue weighted by Crippen LogP contribution is 2.22. The molecular weight excluding hydrogens is 326 g/mol. The van der Waals surface area contributed by atoms with Crippen LogP contribution in [-0.4, -0.2) is 28.9 Å². The second-order valence-corrected chi connectivity index (χ2v) is 6.97. The van der Waals surface area contributed by atoms with Gasteiger partial charge in [0.2, 0.25) is 0 Å². The van der Waals surface area contributed by atoms with E-state index in [1.54, 1.807) is 6.07 Å². The zero-order valence-corrected chi connectivity index (χ0v) is 16.2. The van der Waals surface area contributed by atoms with Crippen LogP contribution in [0.2, 0.25) is 0 Å². The van der Waals surface area contributed by atoms with Crippen LogP contribution in [0.3, 0.4) is 0 Å². The summed E-state index contributed by atoms with van der Waals surface area (Å²) in [5.74, 6) is 0.286. The predicted octanol–water partition coefficient (Wildman–Crippen LogP) is 4.46. The van der Waals surface area contributed by atoms with Crippen molar-refractivity contribution in [1.82, 2.24) is 4.90 Å². The molecule has 0 N–H and O–H groups in total. The number of benzene rings is 2. The van der Waals surface area contributed by atoms with Crippen LogP contribution in [0.1, 0.15) is 56.1 Å². The number of hydrogen-bond donors (Lipinski definition) is 0. The van der Waals surface area contributed by atoms with Gasteiger partial charge >= 0.3 is 5.97 Å². The average Bonchev–Trinajstić information content (AvgIpc) is 2.56. The standard InChI is InChI=1S/C22H27NO3/c1-15(2)23(16(3)4)22(25)19-12-10-18(11-13-19)14-20-8-6-7-9-21(20)26-17(5)24/h6-13,15-16H,14H2,1-5H3. The molecule has 0 heterocycles. The van der Waals surface area contributed by atoms with Crippen molar-refractivity contribution in [3.63, 3.8) is 0 Å². The second kappa shape index (κ2) is 8.65. The summed E-state index contributed by atoms with van der Waals surface area (Å²) < 4.78 is 5.26. The van der Waals surface area contributed by atoms with Crippen molar-refractivity contribution in [3.8, 4) is 5.75 Å². The molecule has 4 nitrogen and oxygen atoms in total. The first-order valence-corrected chi connectivity index (χ1v) is 8.97. The van der Waals surface area contributed by atoms with Gasteiger partial charge in [-0.3, -0.25) is 9.59 Å². The Morgan fingerprint density at radius 3 is 2.04 bits per heavy atom. The molecule has 0 atom stereocenters. The first kappa shape index (κ1) is 19.7. The summed E-state index contributed by atoms with van der Waals surface area (Å²) in [7, 11) is 0. The largest absolute Gasteiger partial charge is 0.426 e. The normalized spacial score (nSPS) is 10.9. The Balaban J connectivity index is 2.18. The van der Waals surface area contributed by atoms with E-state index in [0.29, 0.717) is 17.7 Å². The summed E-state index contributed by atoms with van der Waals surface area (Å²) in [5.41, 5.74) is 2.68. The SMILES string of the molecule is CC(=O)Oc1ccccc1Cc1ccc(C(=O)N(C(C)C)C(C)C)cc1. The van der Waals surface area contributed by atoms with E-state index in [2.05, 4.69) is 0 Å². The van der Waals surface area contributed by atoms with Gasteiger partial charge in [-0.15, -0.1) is 0 Å². The van der Waals surface area contributed by atoms with Gasteiger partial charge in [0.05, 0.1) is 0 Å². The second-order valence-electron chi connectivity index (χ2n) is 6.97. The van der Waals surface area contributed by atoms with E-state index in [-0.39, 0.29) is 24.0 Å². The van der Waals surface area contributed by atoms with Gasteiger partial charge in [0.1, 0.15) is 5.75 Å². The Kier molecular flexibility index (Phi) is 6.56. The number of hydrogen-bond acceptors (Lipinski definition) is 3. The maximum Gasteiger partial charge on any atom is 0.308 e. The molecule has 2 aromatic rings. The average molecular weight is 353 g/mol. The molecule has 0 unspecified atom stereocenters. The molecule has 1 amide bonds. The van der Waals surface area contributed by atoms with Gasteiger partial charge in [-0.05, 0) is 57.0 Å². The van der Waals surface area contributed by atoms with E-state index in [1.807, 2.05) is 75.1 Å². The minimum Gasteiger partial charge on any atom is -0.426 e. The molecule has 0 radical (unpaired) electrons. The maximum atomic E-state index is 12.7. The molecule has 0 saturated heterocycles. The number of ether oxygens (including phenoxy) is 1. The van der Waals surface area contributed by atoms with E-state index in [0.717, 1.165) is 11.1 Å². The van der Waals surface area contributed by atoms with Gasteiger partial charge in [-0.2, -0.15) is 0 Å². The Morgan fingerprint density at radius 2 is 1.50 bits per heavy atom. The first-order valence-electron chi connectivity index (χ1n) is 8.97. The molecule has 138 valence electrons. The summed E-state index contributed by atoms with van der Waals surface area (Å²) in [5, 5.41) is 0. The maximum absolute atomic E-state index is 12.7. The molecular formula is C22H27NO3. The zero-order valence-electron chi connectivity index (χ0n) is 16.2. The van der Waals surface area contributed by atoms with Crippen LogP contribution in [0.15, 0.2) is 48.5 Å². The van der Waals surface area contributed by atoms with Crippen LogP contribution in [0.4, 0.5) is 0 Å². The summed E-state index contributed by atoms with van der Waals surface area (Å²) >= 11 is 0. The number of nitrogens with zero attached hydrogens (tertiary/aromatic N) is 1. The fourth-order valence-electron chi connectivity index (χ4n) is 3.10. The summed E-state index contributed by atoms with van der Waals surface area (Å²) in [4.78, 5) is 25.9. The molecule has 0 bridgehead atoms. The third kappa shape index (κ3) is 4.94. The topological polar surface area (TPSA) is 46.6 Å². The summed E-state index contributed by atoms with van der Waals surface area (Å²) in [6, 6.07) is 15.4. The fourth-order valence-corrected chi connectivity index (χ4v) is 3.10. The van der Waals surface area contributed by atoms with Crippen LogP contribution < -0.4 is 4.74 Å². The monoisotopic (exact) mass is 353 g/mol. The van der Waals surface area contributed by atoms with E-state index in [9.17, 15) is 9.59 Å². The highest BCUT2D eigenvalue weighted by molar-refractivity contribution is 5.94. The van der Waals surface area contributed by atoms with Crippen molar-refractivity contribution in [2.45, 2.75) is 53.1 Å². The Bertz CT molecular complexity index is 755. The van der Waals surface area contributed by atoms with Gasteiger partial charge in [0, 0.05) is 31.0 Å². The summed E-state index contributed by atoms with van der Waals surface area (Å²) in [6.07, 6.45) is 0.635. The molecule has 2 aromatic carbocycles. The summed E-state index contributed by atoms with van der Waals surface area (Å²) in [6.45, 7) is 9.50. The van der Waals surface area contributed by atoms with Crippen molar-refractivity contribution in [2.75, 3.05) is 0 Å². The molecule has 26 heavy (non-hydrogen) atoms. The molecule has 2 rings (SSSR count). The van der Waals surface area contributed by atoms with Crippen molar-refractivity contribution in [2.24, 2.45) is 0 Å². The quantitative estimate of drug-likeness (QED) is 0.569. The highest BCUT2D eigenvalue weighted by Gasteiger charge is 2.21. The lowest BCUT2D eigenvalue weighted by Gasteiger charge is -2.30. The minimum atomic E-state index is -0.333. The number of rotatable bonds is 6. The van der Waals surface area contributed by atoms with Crippen molar-refractivity contribution >= 4 is 11.9 Å². The molecule has 0 saturated carbocycles. The van der Waals surface area contributed by atoms with Crippen molar-refractivity contribution in [3.05, 3.63) is 65.2 Å². The molecule has 0 aromatic heterocycles. The number of amides is 1. The fraction of sp³-hybridized carbons (Fsp3) is 0.364. The number of carbonyl (C=O) groups excluding carboxylic acids is 2. The lowest BCUT2D eigenvalue weighted by molar-refractivity contribution is -0.131. The number of esters is 1. The Morgan fingerprint density at radius 1 is 0.923 bits per heavy atom. The van der Waals surface area contributed by atoms with Crippen LogP contribution in [0, 0.1) is 0 Å². The first-order chi connectivity index (χ1) is 12.3. The van der Waals surface area contributed by atoms with E-state index in [1.165, 1.54) is 6.92 Å². The van der Waals surface area contributed by atoms with Crippen LogP contribution in [0.5, 0.6) is 5.75 Å². The molecule has 0 aliphatic heterocycles. The Hall–Kier alpha value is -2.62. The van der Waals surface area contributed by atoms with Crippen LogP contribution in [-0.2, 0) is 11.2 Å². The molecule has 4 heteroatoms. The minimum absolute atomic E-state index is 0.0434. The van der Waals surface area contributed by atoms with Gasteiger partial charge in [0.25, 0.3) is 5.91 Å². The zero-order chi connectivity index (χ0) is 19.3. The smallest absolute Gasteiger partial charge is 0.308 e. The molecule has 0 fully saturated rings. The predicted molar refractivity (Wildman–Crippen MR) is 103 cm³/mol. The van der Waals surface area contributed by atoms with Crippen LogP contribution in [0.25, 0.3) is 0 Å². The molecule has 0 aliphatic rings. The highest BCUT2D eigenvalue weighted by atomic mass is 16.5. The Labute approximate surface area is 155 Å². The lowest BCUT2D eigenvalue weighted by Crippen LogP contribution is -2.42. The van der Waals surface area contributed by atoms with Gasteiger partial charge in [-0.1, -0.05) is 30.3 Å². The molecule has 0 spiro atoms. The van der Waals surface area contributed by atoms with Gasteiger partial charge in [0.15, 0.2) is 0 Å². The van der Waals surface area contributed by atoms with E-state index in [4.69, 9.17) is 4.74 Å². The van der Waals surface area contributed by atoms with Gasteiger partial charge in [-0.25, -0.2) is 0 Å². The van der Waals surface area contributed by atoms with E-state index >= 15 is 0 Å². The lowest BCUT2D eigenvalue weighted by atomic mass is 10.0. The van der Waals surface area contributed by atoms with E-state index < -0.39 is 0 Å². The van der Waals surface area contributed by atoms with Crippen LogP contribution >= 0.6 is 0 Å². The third-order valence-corrected chi connectivity index (χ3v) is 4.17. The van der Waals surface area contributed by atoms with Crippen molar-refractivity contribution < 1.29 is 14.3 Å². The number of para-hydroxylation sites is 1. The van der Waals surface area contributed by atoms with Gasteiger partial charge < -0.3 is 9.64 Å². The number of carbonyl (C=O) groups is 2. The third-order valence-electron chi connectivity index (χ3n) is 4.17.